The summed E-state index contributed by atoms with van der Waals surface area (Å²) in [5, 5.41) is 11.9. The van der Waals surface area contributed by atoms with Crippen LogP contribution in [-0.2, 0) is 4.74 Å². The summed E-state index contributed by atoms with van der Waals surface area (Å²) >= 11 is 0. The van der Waals surface area contributed by atoms with E-state index in [1.807, 2.05) is 13.0 Å². The molecule has 1 N–H and O–H groups in total. The standard InChI is InChI=1S/C11H12N2O2/c1-2-14-11-7-13-9-4-3-8(6-12)5-10(9)15-11/h3-5,11,13H,2,7H2,1H3. The van der Waals surface area contributed by atoms with Crippen molar-refractivity contribution in [1.82, 2.24) is 0 Å². The minimum atomic E-state index is -0.267. The minimum absolute atomic E-state index is 0.267. The maximum atomic E-state index is 8.75. The topological polar surface area (TPSA) is 54.3 Å². The number of ether oxygens (including phenoxy) is 2. The minimum Gasteiger partial charge on any atom is -0.461 e. The van der Waals surface area contributed by atoms with Crippen LogP contribution in [0, 0.1) is 11.3 Å². The number of nitriles is 1. The zero-order valence-electron chi connectivity index (χ0n) is 8.49. The number of nitrogens with one attached hydrogen (secondary N) is 1. The molecule has 0 saturated carbocycles. The average molecular weight is 204 g/mol. The molecular weight excluding hydrogens is 192 g/mol. The van der Waals surface area contributed by atoms with Gasteiger partial charge in [0.05, 0.1) is 23.9 Å². The molecule has 78 valence electrons. The molecule has 1 heterocycles. The van der Waals surface area contributed by atoms with Gasteiger partial charge in [-0.1, -0.05) is 0 Å². The smallest absolute Gasteiger partial charge is 0.217 e. The zero-order valence-corrected chi connectivity index (χ0v) is 8.49. The fraction of sp³-hybridized carbons (Fsp3) is 0.364. The van der Waals surface area contributed by atoms with E-state index in [1.54, 1.807) is 12.1 Å². The molecule has 1 aromatic rings. The van der Waals surface area contributed by atoms with Gasteiger partial charge in [-0.15, -0.1) is 0 Å². The van der Waals surface area contributed by atoms with Gasteiger partial charge in [0.1, 0.15) is 5.75 Å². The predicted octanol–water partition coefficient (Wildman–Crippen LogP) is 1.73. The fourth-order valence-electron chi connectivity index (χ4n) is 1.49. The third-order valence-corrected chi connectivity index (χ3v) is 2.18. The highest BCUT2D eigenvalue weighted by Crippen LogP contribution is 2.29. The van der Waals surface area contributed by atoms with Crippen LogP contribution in [0.4, 0.5) is 5.69 Å². The molecule has 0 saturated heterocycles. The maximum absolute atomic E-state index is 8.75. The number of hydrogen-bond donors (Lipinski definition) is 1. The van der Waals surface area contributed by atoms with E-state index in [2.05, 4.69) is 11.4 Å². The quantitative estimate of drug-likeness (QED) is 0.797. The van der Waals surface area contributed by atoms with Crippen LogP contribution in [0.1, 0.15) is 12.5 Å². The highest BCUT2D eigenvalue weighted by atomic mass is 16.7. The van der Waals surface area contributed by atoms with Crippen LogP contribution in [-0.4, -0.2) is 19.4 Å². The first-order chi connectivity index (χ1) is 7.33. The van der Waals surface area contributed by atoms with Crippen molar-refractivity contribution in [2.24, 2.45) is 0 Å². The lowest BCUT2D eigenvalue weighted by Crippen LogP contribution is -2.33. The molecule has 0 radical (unpaired) electrons. The van der Waals surface area contributed by atoms with Gasteiger partial charge < -0.3 is 14.8 Å². The maximum Gasteiger partial charge on any atom is 0.217 e. The summed E-state index contributed by atoms with van der Waals surface area (Å²) in [4.78, 5) is 0. The van der Waals surface area contributed by atoms with Gasteiger partial charge in [0.2, 0.25) is 6.29 Å². The number of nitrogens with zero attached hydrogens (tertiary/aromatic N) is 1. The number of rotatable bonds is 2. The normalized spacial score (nSPS) is 18.3. The Morgan fingerprint density at radius 2 is 2.53 bits per heavy atom. The molecular formula is C11H12N2O2. The SMILES string of the molecule is CCOC1CNc2ccc(C#N)cc2O1. The number of anilines is 1. The summed E-state index contributed by atoms with van der Waals surface area (Å²) in [6.45, 7) is 3.16. The molecule has 0 amide bonds. The van der Waals surface area contributed by atoms with Crippen molar-refractivity contribution in [3.8, 4) is 11.8 Å². The van der Waals surface area contributed by atoms with E-state index in [9.17, 15) is 0 Å². The van der Waals surface area contributed by atoms with Crippen molar-refractivity contribution in [3.05, 3.63) is 23.8 Å². The summed E-state index contributed by atoms with van der Waals surface area (Å²) in [6, 6.07) is 7.39. The Labute approximate surface area is 88.4 Å². The van der Waals surface area contributed by atoms with Crippen molar-refractivity contribution in [2.75, 3.05) is 18.5 Å². The van der Waals surface area contributed by atoms with E-state index in [1.165, 1.54) is 0 Å². The van der Waals surface area contributed by atoms with Crippen molar-refractivity contribution < 1.29 is 9.47 Å². The summed E-state index contributed by atoms with van der Waals surface area (Å²) in [6.07, 6.45) is -0.267. The van der Waals surface area contributed by atoms with Gasteiger partial charge in [-0.25, -0.2) is 0 Å². The van der Waals surface area contributed by atoms with E-state index in [-0.39, 0.29) is 6.29 Å². The molecule has 1 aromatic carbocycles. The lowest BCUT2D eigenvalue weighted by molar-refractivity contribution is -0.0686. The van der Waals surface area contributed by atoms with Crippen LogP contribution >= 0.6 is 0 Å². The first-order valence-electron chi connectivity index (χ1n) is 4.89. The first-order valence-corrected chi connectivity index (χ1v) is 4.89. The molecule has 0 aliphatic carbocycles. The van der Waals surface area contributed by atoms with Gasteiger partial charge >= 0.3 is 0 Å². The van der Waals surface area contributed by atoms with Gasteiger partial charge in [-0.2, -0.15) is 5.26 Å². The lowest BCUT2D eigenvalue weighted by Gasteiger charge is -2.26. The molecule has 1 atom stereocenters. The molecule has 15 heavy (non-hydrogen) atoms. The van der Waals surface area contributed by atoms with Gasteiger partial charge in [0, 0.05) is 12.7 Å². The summed E-state index contributed by atoms with van der Waals surface area (Å²) in [7, 11) is 0. The Kier molecular flexibility index (Phi) is 2.75. The van der Waals surface area contributed by atoms with E-state index < -0.39 is 0 Å². The molecule has 1 aliphatic heterocycles. The molecule has 0 aromatic heterocycles. The van der Waals surface area contributed by atoms with Gasteiger partial charge in [0.15, 0.2) is 0 Å². The largest absolute Gasteiger partial charge is 0.461 e. The van der Waals surface area contributed by atoms with Crippen LogP contribution in [0.15, 0.2) is 18.2 Å². The summed E-state index contributed by atoms with van der Waals surface area (Å²) in [5.74, 6) is 0.679. The first kappa shape index (κ1) is 9.81. The zero-order chi connectivity index (χ0) is 10.7. The van der Waals surface area contributed by atoms with Gasteiger partial charge in [0.25, 0.3) is 0 Å². The number of fused-ring (bicyclic) bond motifs is 1. The molecule has 0 bridgehead atoms. The summed E-state index contributed by atoms with van der Waals surface area (Å²) in [5.41, 5.74) is 1.50. The lowest BCUT2D eigenvalue weighted by atomic mass is 10.2. The van der Waals surface area contributed by atoms with Crippen molar-refractivity contribution in [2.45, 2.75) is 13.2 Å². The van der Waals surface area contributed by atoms with Gasteiger partial charge in [-0.05, 0) is 19.1 Å². The number of benzene rings is 1. The Hall–Kier alpha value is -1.73. The molecule has 2 rings (SSSR count). The Balaban J connectivity index is 2.20. The highest BCUT2D eigenvalue weighted by Gasteiger charge is 2.19. The fourth-order valence-corrected chi connectivity index (χ4v) is 1.49. The second-order valence-electron chi connectivity index (χ2n) is 3.21. The third kappa shape index (κ3) is 2.03. The molecule has 1 unspecified atom stereocenters. The van der Waals surface area contributed by atoms with E-state index in [0.717, 1.165) is 5.69 Å². The highest BCUT2D eigenvalue weighted by molar-refractivity contribution is 5.60. The molecule has 0 spiro atoms. The monoisotopic (exact) mass is 204 g/mol. The van der Waals surface area contributed by atoms with Crippen LogP contribution in [0.25, 0.3) is 0 Å². The second kappa shape index (κ2) is 4.20. The van der Waals surface area contributed by atoms with Crippen molar-refractivity contribution >= 4 is 5.69 Å². The molecule has 1 aliphatic rings. The van der Waals surface area contributed by atoms with Crippen LogP contribution in [0.3, 0.4) is 0 Å². The molecule has 4 nitrogen and oxygen atoms in total. The molecule has 4 heteroatoms. The van der Waals surface area contributed by atoms with Crippen LogP contribution < -0.4 is 10.1 Å². The third-order valence-electron chi connectivity index (χ3n) is 2.18. The van der Waals surface area contributed by atoms with E-state index >= 15 is 0 Å². The molecule has 0 fully saturated rings. The van der Waals surface area contributed by atoms with Crippen LogP contribution in [0.5, 0.6) is 5.75 Å². The second-order valence-corrected chi connectivity index (χ2v) is 3.21. The van der Waals surface area contributed by atoms with Crippen LogP contribution in [0.2, 0.25) is 0 Å². The van der Waals surface area contributed by atoms with Crippen molar-refractivity contribution in [1.29, 1.82) is 5.26 Å². The predicted molar refractivity (Wildman–Crippen MR) is 55.7 cm³/mol. The van der Waals surface area contributed by atoms with E-state index in [4.69, 9.17) is 14.7 Å². The Morgan fingerprint density at radius 3 is 3.27 bits per heavy atom. The Bertz CT molecular complexity index is 398. The summed E-state index contributed by atoms with van der Waals surface area (Å²) < 4.78 is 10.9. The van der Waals surface area contributed by atoms with Gasteiger partial charge in [-0.3, -0.25) is 0 Å². The Morgan fingerprint density at radius 1 is 1.67 bits per heavy atom. The van der Waals surface area contributed by atoms with E-state index in [0.29, 0.717) is 24.5 Å². The number of hydrogen-bond acceptors (Lipinski definition) is 4. The average Bonchev–Trinajstić information content (AvgIpc) is 2.28. The van der Waals surface area contributed by atoms with Crippen molar-refractivity contribution in [3.63, 3.8) is 0 Å².